The predicted octanol–water partition coefficient (Wildman–Crippen LogP) is 3.00. The average molecular weight is 415 g/mol. The molecule has 0 unspecified atom stereocenters. The first-order valence-corrected chi connectivity index (χ1v) is 9.07. The zero-order valence-corrected chi connectivity index (χ0v) is 16.4. The Morgan fingerprint density at radius 1 is 1.23 bits per heavy atom. The molecule has 3 heterocycles. The Bertz CT molecular complexity index is 1050. The van der Waals surface area contributed by atoms with Crippen LogP contribution in [0.1, 0.15) is 28.7 Å². The van der Waals surface area contributed by atoms with E-state index in [4.69, 9.17) is 0 Å². The van der Waals surface area contributed by atoms with E-state index in [-0.39, 0.29) is 16.9 Å². The van der Waals surface area contributed by atoms with Crippen molar-refractivity contribution >= 4 is 32.9 Å². The summed E-state index contributed by atoms with van der Waals surface area (Å²) in [7, 11) is 1.68. The highest BCUT2D eigenvalue weighted by Gasteiger charge is 2.19. The molecule has 0 radical (unpaired) electrons. The molecule has 0 aliphatic heterocycles. The molecule has 0 aliphatic carbocycles. The van der Waals surface area contributed by atoms with Crippen molar-refractivity contribution in [3.8, 4) is 0 Å². The number of carbonyl (C=O) groups is 1. The van der Waals surface area contributed by atoms with E-state index < -0.39 is 0 Å². The summed E-state index contributed by atoms with van der Waals surface area (Å²) in [6.45, 7) is 4.67. The lowest BCUT2D eigenvalue weighted by molar-refractivity contribution is 0.0800. The number of carbonyl (C=O) groups excluding carboxylic acids is 1. The number of pyridine rings is 3. The van der Waals surface area contributed by atoms with Crippen LogP contribution >= 0.6 is 15.9 Å². The fraction of sp³-hybridized carbons (Fsp3) is 0.263. The van der Waals surface area contributed by atoms with E-state index in [1.54, 1.807) is 25.4 Å². The molecule has 7 heteroatoms. The van der Waals surface area contributed by atoms with Crippen molar-refractivity contribution < 1.29 is 4.79 Å². The van der Waals surface area contributed by atoms with Crippen LogP contribution in [0.3, 0.4) is 0 Å². The first-order valence-electron chi connectivity index (χ1n) is 8.28. The number of hydrogen-bond acceptors (Lipinski definition) is 4. The van der Waals surface area contributed by atoms with Gasteiger partial charge in [0.25, 0.3) is 5.91 Å². The van der Waals surface area contributed by atoms with Gasteiger partial charge < -0.3 is 9.47 Å². The van der Waals surface area contributed by atoms with E-state index in [1.807, 2.05) is 36.6 Å². The summed E-state index contributed by atoms with van der Waals surface area (Å²) in [5.41, 5.74) is 2.00. The van der Waals surface area contributed by atoms with Gasteiger partial charge in [-0.05, 0) is 54.0 Å². The lowest BCUT2D eigenvalue weighted by Gasteiger charge is -2.17. The molecule has 3 aromatic heterocycles. The lowest BCUT2D eigenvalue weighted by atomic mass is 10.1. The van der Waals surface area contributed by atoms with E-state index >= 15 is 0 Å². The van der Waals surface area contributed by atoms with Crippen molar-refractivity contribution in [1.29, 1.82) is 0 Å². The van der Waals surface area contributed by atoms with Gasteiger partial charge in [-0.2, -0.15) is 0 Å². The zero-order chi connectivity index (χ0) is 18.8. The number of aryl methyl sites for hydroxylation is 1. The summed E-state index contributed by atoms with van der Waals surface area (Å²) in [5, 5.41) is 0.431. The van der Waals surface area contributed by atoms with Crippen molar-refractivity contribution in [1.82, 2.24) is 19.4 Å². The number of hydrogen-bond donors (Lipinski definition) is 0. The van der Waals surface area contributed by atoms with Crippen LogP contribution in [0.2, 0.25) is 0 Å². The molecular weight excluding hydrogens is 396 g/mol. The van der Waals surface area contributed by atoms with Gasteiger partial charge in [-0.15, -0.1) is 0 Å². The van der Waals surface area contributed by atoms with Gasteiger partial charge in [0.15, 0.2) is 0 Å². The fourth-order valence-corrected chi connectivity index (χ4v) is 3.08. The lowest BCUT2D eigenvalue weighted by Crippen LogP contribution is -2.32. The Morgan fingerprint density at radius 3 is 2.69 bits per heavy atom. The van der Waals surface area contributed by atoms with Crippen molar-refractivity contribution in [3.63, 3.8) is 0 Å². The van der Waals surface area contributed by atoms with Crippen LogP contribution in [0.15, 0.2) is 45.9 Å². The number of rotatable bonds is 4. The highest BCUT2D eigenvalue weighted by Crippen LogP contribution is 2.15. The Labute approximate surface area is 159 Å². The van der Waals surface area contributed by atoms with Crippen LogP contribution in [0.4, 0.5) is 0 Å². The quantitative estimate of drug-likeness (QED) is 0.615. The summed E-state index contributed by atoms with van der Waals surface area (Å²) in [6.07, 6.45) is 1.59. The molecule has 0 atom stereocenters. The highest BCUT2D eigenvalue weighted by molar-refractivity contribution is 9.10. The van der Waals surface area contributed by atoms with Gasteiger partial charge in [0.05, 0.1) is 17.6 Å². The molecule has 6 nitrogen and oxygen atoms in total. The van der Waals surface area contributed by atoms with E-state index in [0.717, 1.165) is 16.0 Å². The molecule has 0 aromatic carbocycles. The Hall–Kier alpha value is -2.54. The minimum Gasteiger partial charge on any atom is -0.342 e. The smallest absolute Gasteiger partial charge is 0.259 e. The Kier molecular flexibility index (Phi) is 5.18. The average Bonchev–Trinajstić information content (AvgIpc) is 2.62. The van der Waals surface area contributed by atoms with Gasteiger partial charge in [-0.25, -0.2) is 9.97 Å². The maximum atomic E-state index is 12.8. The maximum absolute atomic E-state index is 12.8. The van der Waals surface area contributed by atoms with Gasteiger partial charge in [0.1, 0.15) is 15.8 Å². The highest BCUT2D eigenvalue weighted by atomic mass is 79.9. The number of nitrogens with zero attached hydrogens (tertiary/aromatic N) is 4. The predicted molar refractivity (Wildman–Crippen MR) is 104 cm³/mol. The van der Waals surface area contributed by atoms with Gasteiger partial charge in [-0.1, -0.05) is 6.07 Å². The molecule has 0 aliphatic rings. The van der Waals surface area contributed by atoms with Crippen molar-refractivity contribution in [2.75, 3.05) is 13.6 Å². The molecule has 0 spiro atoms. The third-order valence-corrected chi connectivity index (χ3v) is 4.66. The minimum atomic E-state index is -0.295. The van der Waals surface area contributed by atoms with Crippen molar-refractivity contribution in [3.05, 3.63) is 68.3 Å². The van der Waals surface area contributed by atoms with Gasteiger partial charge in [0, 0.05) is 25.5 Å². The second-order valence-electron chi connectivity index (χ2n) is 6.09. The molecule has 1 amide bonds. The van der Waals surface area contributed by atoms with E-state index in [1.165, 1.54) is 4.90 Å². The van der Waals surface area contributed by atoms with Crippen LogP contribution < -0.4 is 5.43 Å². The Morgan fingerprint density at radius 2 is 2.00 bits per heavy atom. The zero-order valence-electron chi connectivity index (χ0n) is 14.9. The summed E-state index contributed by atoms with van der Waals surface area (Å²) in [5.74, 6) is -0.295. The van der Waals surface area contributed by atoms with Crippen LogP contribution in [-0.2, 0) is 6.54 Å². The second kappa shape index (κ2) is 7.37. The summed E-state index contributed by atoms with van der Waals surface area (Å²) < 4.78 is 2.54. The molecule has 26 heavy (non-hydrogen) atoms. The number of amides is 1. The summed E-state index contributed by atoms with van der Waals surface area (Å²) in [4.78, 5) is 36.0. The van der Waals surface area contributed by atoms with Crippen molar-refractivity contribution in [2.24, 2.45) is 0 Å². The molecule has 0 bridgehead atoms. The Balaban J connectivity index is 2.22. The monoisotopic (exact) mass is 414 g/mol. The minimum absolute atomic E-state index is 0.141. The fourth-order valence-electron chi connectivity index (χ4n) is 2.69. The van der Waals surface area contributed by atoms with Crippen LogP contribution in [0.5, 0.6) is 0 Å². The molecule has 0 fully saturated rings. The third kappa shape index (κ3) is 3.53. The van der Waals surface area contributed by atoms with Crippen LogP contribution in [0.25, 0.3) is 11.0 Å². The van der Waals surface area contributed by atoms with Crippen molar-refractivity contribution in [2.45, 2.75) is 20.4 Å². The molecular formula is C19H19BrN4O2. The topological polar surface area (TPSA) is 68.1 Å². The molecule has 0 saturated carbocycles. The second-order valence-corrected chi connectivity index (χ2v) is 6.91. The van der Waals surface area contributed by atoms with Crippen LogP contribution in [-0.4, -0.2) is 38.9 Å². The van der Waals surface area contributed by atoms with E-state index in [9.17, 15) is 9.59 Å². The molecule has 0 N–H and O–H groups in total. The van der Waals surface area contributed by atoms with Gasteiger partial charge in [-0.3, -0.25) is 9.59 Å². The molecule has 3 rings (SSSR count). The maximum Gasteiger partial charge on any atom is 0.259 e. The molecule has 0 saturated heterocycles. The normalized spacial score (nSPS) is 10.9. The van der Waals surface area contributed by atoms with Gasteiger partial charge in [0.2, 0.25) is 5.43 Å². The van der Waals surface area contributed by atoms with E-state index in [0.29, 0.717) is 24.1 Å². The summed E-state index contributed by atoms with van der Waals surface area (Å²) in [6, 6.07) is 9.15. The molecule has 134 valence electrons. The SMILES string of the molecule is CCN(C)C(=O)c1cn(Cc2cccc(Br)n2)c2nc(C)ccc2c1=O. The first kappa shape index (κ1) is 18.3. The van der Waals surface area contributed by atoms with Gasteiger partial charge >= 0.3 is 0 Å². The molecule has 3 aromatic rings. The van der Waals surface area contributed by atoms with E-state index in [2.05, 4.69) is 25.9 Å². The van der Waals surface area contributed by atoms with Crippen LogP contribution in [0, 0.1) is 6.92 Å². The largest absolute Gasteiger partial charge is 0.342 e. The summed E-state index contributed by atoms with van der Waals surface area (Å²) >= 11 is 3.37. The number of halogens is 1. The first-order chi connectivity index (χ1) is 12.4. The number of aromatic nitrogens is 3. The standard InChI is InChI=1S/C19H19BrN4O2/c1-4-23(3)19(26)15-11-24(10-13-6-5-7-16(20)22-13)18-14(17(15)25)9-8-12(2)21-18/h5-9,11H,4,10H2,1-3H3. The third-order valence-electron chi connectivity index (χ3n) is 4.22. The number of fused-ring (bicyclic) bond motifs is 1.